The highest BCUT2D eigenvalue weighted by atomic mass is 32.1. The lowest BCUT2D eigenvalue weighted by Gasteiger charge is -2.25. The molecule has 5 rings (SSSR count). The van der Waals surface area contributed by atoms with Gasteiger partial charge in [-0.25, -0.2) is 14.2 Å². The third kappa shape index (κ3) is 6.23. The van der Waals surface area contributed by atoms with E-state index in [0.717, 1.165) is 18.7 Å². The maximum Gasteiger partial charge on any atom is 0.573 e. The summed E-state index contributed by atoms with van der Waals surface area (Å²) in [5.74, 6) is 0.174. The number of rotatable bonds is 8. The van der Waals surface area contributed by atoms with Gasteiger partial charge in [0.15, 0.2) is 0 Å². The quantitative estimate of drug-likeness (QED) is 0.351. The number of alkyl halides is 3. The summed E-state index contributed by atoms with van der Waals surface area (Å²) in [5, 5.41) is 10.6. The van der Waals surface area contributed by atoms with Crippen molar-refractivity contribution >= 4 is 17.4 Å². The second-order valence-electron chi connectivity index (χ2n) is 9.38. The van der Waals surface area contributed by atoms with Crippen molar-refractivity contribution < 1.29 is 31.8 Å². The molecule has 2 aromatic carbocycles. The van der Waals surface area contributed by atoms with Gasteiger partial charge in [-0.15, -0.1) is 24.5 Å². The van der Waals surface area contributed by atoms with Gasteiger partial charge in [0.1, 0.15) is 17.6 Å². The van der Waals surface area contributed by atoms with Crippen LogP contribution in [0.5, 0.6) is 11.6 Å². The van der Waals surface area contributed by atoms with Crippen LogP contribution in [0.4, 0.5) is 22.4 Å². The van der Waals surface area contributed by atoms with Crippen LogP contribution in [0.15, 0.2) is 53.4 Å². The molecule has 12 heteroatoms. The number of carbonyl (C=O) groups excluding carboxylic acids is 1. The van der Waals surface area contributed by atoms with Crippen molar-refractivity contribution in [1.29, 1.82) is 5.26 Å². The third-order valence-electron chi connectivity index (χ3n) is 6.80. The molecular formula is C26H22F4N4O3S. The average Bonchev–Trinajstić information content (AvgIpc) is 3.22. The second-order valence-corrected chi connectivity index (χ2v) is 10.1. The fourth-order valence-electron chi connectivity index (χ4n) is 5.08. The Kier molecular flexibility index (Phi) is 7.23. The molecule has 38 heavy (non-hydrogen) atoms. The standard InChI is InChI=1S/C26H22F4N4O3S/c27-23-5-4-17(6-18(23)8-31)9-33-11-20-21(12-33)22(20)13-34(25(35)36-24-14-38-15-32-24)10-16-2-1-3-19(7-16)37-26(28,29)30/h1-7,14-15,20-22H,9-13H2. The summed E-state index contributed by atoms with van der Waals surface area (Å²) in [6.45, 7) is 2.60. The Labute approximate surface area is 219 Å². The van der Waals surface area contributed by atoms with E-state index in [1.165, 1.54) is 46.0 Å². The number of ether oxygens (including phenoxy) is 2. The minimum Gasteiger partial charge on any atom is -0.406 e. The van der Waals surface area contributed by atoms with Crippen molar-refractivity contribution in [1.82, 2.24) is 14.8 Å². The Morgan fingerprint density at radius 3 is 2.66 bits per heavy atom. The minimum absolute atomic E-state index is 0.0173. The molecule has 2 unspecified atom stereocenters. The molecule has 1 saturated heterocycles. The van der Waals surface area contributed by atoms with E-state index in [-0.39, 0.29) is 29.7 Å². The summed E-state index contributed by atoms with van der Waals surface area (Å²) in [6.07, 6.45) is -5.45. The van der Waals surface area contributed by atoms with Gasteiger partial charge in [0.2, 0.25) is 5.88 Å². The van der Waals surface area contributed by atoms with Crippen LogP contribution in [-0.4, -0.2) is 46.9 Å². The van der Waals surface area contributed by atoms with Crippen molar-refractivity contribution in [2.45, 2.75) is 19.5 Å². The third-order valence-corrected chi connectivity index (χ3v) is 7.37. The van der Waals surface area contributed by atoms with Crippen molar-refractivity contribution in [3.05, 3.63) is 75.9 Å². The molecule has 2 atom stereocenters. The van der Waals surface area contributed by atoms with E-state index in [4.69, 9.17) is 10.00 Å². The number of nitriles is 1. The molecule has 2 heterocycles. The molecule has 0 bridgehead atoms. The van der Waals surface area contributed by atoms with Gasteiger partial charge >= 0.3 is 12.5 Å². The van der Waals surface area contributed by atoms with E-state index in [2.05, 4.69) is 14.6 Å². The molecule has 2 fully saturated rings. The molecule has 3 aromatic rings. The lowest BCUT2D eigenvalue weighted by Crippen LogP contribution is -2.36. The lowest BCUT2D eigenvalue weighted by molar-refractivity contribution is -0.274. The lowest BCUT2D eigenvalue weighted by atomic mass is 10.1. The van der Waals surface area contributed by atoms with Gasteiger partial charge in [0.25, 0.3) is 0 Å². The van der Waals surface area contributed by atoms with Crippen molar-refractivity contribution in [3.63, 3.8) is 0 Å². The first-order valence-electron chi connectivity index (χ1n) is 11.8. The average molecular weight is 547 g/mol. The van der Waals surface area contributed by atoms with Gasteiger partial charge < -0.3 is 14.4 Å². The molecule has 1 aromatic heterocycles. The van der Waals surface area contributed by atoms with Crippen LogP contribution in [0, 0.1) is 34.9 Å². The number of halogens is 4. The number of nitrogens with zero attached hydrogens (tertiary/aromatic N) is 4. The summed E-state index contributed by atoms with van der Waals surface area (Å²) in [5.41, 5.74) is 2.88. The predicted octanol–water partition coefficient (Wildman–Crippen LogP) is 5.43. The zero-order valence-electron chi connectivity index (χ0n) is 19.9. The Bertz CT molecular complexity index is 1330. The van der Waals surface area contributed by atoms with Crippen molar-refractivity contribution in [2.75, 3.05) is 19.6 Å². The molecule has 198 valence electrons. The number of fused-ring (bicyclic) bond motifs is 1. The molecule has 1 aliphatic carbocycles. The van der Waals surface area contributed by atoms with Crippen LogP contribution in [0.2, 0.25) is 0 Å². The monoisotopic (exact) mass is 546 g/mol. The van der Waals surface area contributed by atoms with E-state index in [0.29, 0.717) is 30.5 Å². The number of amides is 1. The smallest absolute Gasteiger partial charge is 0.406 e. The fraction of sp³-hybridized carbons (Fsp3) is 0.346. The van der Waals surface area contributed by atoms with Crippen LogP contribution in [0.3, 0.4) is 0 Å². The summed E-state index contributed by atoms with van der Waals surface area (Å²) in [6, 6.07) is 11.9. The van der Waals surface area contributed by atoms with Gasteiger partial charge in [0.05, 0.1) is 16.5 Å². The maximum absolute atomic E-state index is 13.6. The summed E-state index contributed by atoms with van der Waals surface area (Å²) in [7, 11) is 0. The molecule has 0 radical (unpaired) electrons. The maximum atomic E-state index is 13.6. The molecule has 0 N–H and O–H groups in total. The molecule has 1 aliphatic heterocycles. The SMILES string of the molecule is N#Cc1cc(CN2CC3C(C2)C3CN(Cc2cccc(OC(F)(F)F)c2)C(=O)Oc2cscn2)ccc1F. The van der Waals surface area contributed by atoms with Crippen LogP contribution in [0.25, 0.3) is 0 Å². The van der Waals surface area contributed by atoms with Gasteiger partial charge in [-0.2, -0.15) is 5.26 Å². The molecular weight excluding hydrogens is 524 g/mol. The van der Waals surface area contributed by atoms with Gasteiger partial charge in [-0.1, -0.05) is 18.2 Å². The van der Waals surface area contributed by atoms with Crippen molar-refractivity contribution in [2.24, 2.45) is 17.8 Å². The summed E-state index contributed by atoms with van der Waals surface area (Å²) in [4.78, 5) is 20.7. The van der Waals surface area contributed by atoms with E-state index < -0.39 is 18.3 Å². The van der Waals surface area contributed by atoms with E-state index in [1.807, 2.05) is 6.07 Å². The topological polar surface area (TPSA) is 78.7 Å². The molecule has 2 aliphatic rings. The molecule has 1 saturated carbocycles. The van der Waals surface area contributed by atoms with E-state index >= 15 is 0 Å². The molecule has 7 nitrogen and oxygen atoms in total. The Balaban J connectivity index is 1.23. The first-order valence-corrected chi connectivity index (χ1v) is 12.7. The van der Waals surface area contributed by atoms with E-state index in [1.54, 1.807) is 23.6 Å². The highest BCUT2D eigenvalue weighted by Gasteiger charge is 2.56. The molecule has 0 spiro atoms. The van der Waals surface area contributed by atoms with Gasteiger partial charge in [-0.3, -0.25) is 4.90 Å². The normalized spacial score (nSPS) is 20.4. The number of aromatic nitrogens is 1. The fourth-order valence-corrected chi connectivity index (χ4v) is 5.53. The van der Waals surface area contributed by atoms with Crippen LogP contribution >= 0.6 is 11.3 Å². The predicted molar refractivity (Wildman–Crippen MR) is 129 cm³/mol. The Morgan fingerprint density at radius 2 is 1.97 bits per heavy atom. The van der Waals surface area contributed by atoms with Crippen LogP contribution in [-0.2, 0) is 13.1 Å². The number of benzene rings is 2. The number of hydrogen-bond donors (Lipinski definition) is 0. The second kappa shape index (κ2) is 10.6. The van der Waals surface area contributed by atoms with Crippen LogP contribution in [0.1, 0.15) is 16.7 Å². The number of hydrogen-bond acceptors (Lipinski definition) is 7. The van der Waals surface area contributed by atoms with E-state index in [9.17, 15) is 22.4 Å². The highest BCUT2D eigenvalue weighted by molar-refractivity contribution is 7.07. The molecule has 1 amide bonds. The minimum atomic E-state index is -4.82. The Hall–Kier alpha value is -3.69. The first-order chi connectivity index (χ1) is 18.2. The van der Waals surface area contributed by atoms with Crippen molar-refractivity contribution in [3.8, 4) is 17.7 Å². The number of likely N-dealkylation sites (tertiary alicyclic amines) is 1. The highest BCUT2D eigenvalue weighted by Crippen LogP contribution is 2.52. The Morgan fingerprint density at radius 1 is 1.18 bits per heavy atom. The summed E-state index contributed by atoms with van der Waals surface area (Å²) >= 11 is 1.27. The van der Waals surface area contributed by atoms with Gasteiger partial charge in [-0.05, 0) is 53.1 Å². The largest absolute Gasteiger partial charge is 0.573 e. The van der Waals surface area contributed by atoms with Gasteiger partial charge in [0, 0.05) is 32.7 Å². The summed E-state index contributed by atoms with van der Waals surface area (Å²) < 4.78 is 61.0. The number of thiazole rings is 1. The number of piperidine rings is 1. The first kappa shape index (κ1) is 25.9. The zero-order valence-corrected chi connectivity index (χ0v) is 20.7. The number of carbonyl (C=O) groups is 1. The van der Waals surface area contributed by atoms with Crippen LogP contribution < -0.4 is 9.47 Å². The zero-order chi connectivity index (χ0) is 26.9.